The van der Waals surface area contributed by atoms with Crippen LogP contribution in [0.2, 0.25) is 0 Å². The fraction of sp³-hybridized carbons (Fsp3) is 0.500. The number of hydrogen-bond acceptors (Lipinski definition) is 5. The highest BCUT2D eigenvalue weighted by atomic mass is 16.5. The average molecular weight is 341 g/mol. The lowest BCUT2D eigenvalue weighted by Crippen LogP contribution is -2.50. The van der Waals surface area contributed by atoms with Gasteiger partial charge >= 0.3 is 0 Å². The van der Waals surface area contributed by atoms with Gasteiger partial charge in [-0.1, -0.05) is 0 Å². The molecule has 4 heterocycles. The van der Waals surface area contributed by atoms with Crippen LogP contribution in [0.3, 0.4) is 0 Å². The van der Waals surface area contributed by atoms with Crippen LogP contribution in [0.1, 0.15) is 29.8 Å². The number of ether oxygens (including phenoxy) is 1. The highest BCUT2D eigenvalue weighted by Crippen LogP contribution is 2.36. The topological polar surface area (TPSA) is 72.3 Å². The number of rotatable bonds is 3. The quantitative estimate of drug-likeness (QED) is 0.920. The van der Waals surface area contributed by atoms with Crippen LogP contribution < -0.4 is 5.32 Å². The molecule has 0 radical (unpaired) electrons. The van der Waals surface area contributed by atoms with E-state index in [0.29, 0.717) is 19.1 Å². The maximum absolute atomic E-state index is 12.8. The lowest BCUT2D eigenvalue weighted by molar-refractivity contribution is -0.0449. The first-order chi connectivity index (χ1) is 12.2. The van der Waals surface area contributed by atoms with Gasteiger partial charge in [-0.25, -0.2) is 9.97 Å². The molecule has 0 saturated carbocycles. The Labute approximate surface area is 147 Å². The normalized spacial score (nSPS) is 26.1. The van der Waals surface area contributed by atoms with E-state index in [1.807, 2.05) is 34.8 Å². The zero-order valence-electron chi connectivity index (χ0n) is 14.4. The molecule has 4 rings (SSSR count). The minimum absolute atomic E-state index is 0.0815. The molecule has 132 valence electrons. The predicted octanol–water partition coefficient (Wildman–Crippen LogP) is 1.69. The van der Waals surface area contributed by atoms with Gasteiger partial charge in [-0.15, -0.1) is 0 Å². The number of aromatic nitrogens is 3. The third-order valence-corrected chi connectivity index (χ3v) is 5.10. The highest BCUT2D eigenvalue weighted by Gasteiger charge is 2.45. The SMILES string of the molecule is Cn1cccc1C(=O)N1CCCC2(CC(Nc3ncccn3)CO2)C1. The minimum Gasteiger partial charge on any atom is -0.371 e. The monoisotopic (exact) mass is 341 g/mol. The lowest BCUT2D eigenvalue weighted by Gasteiger charge is -2.39. The van der Waals surface area contributed by atoms with Gasteiger partial charge in [0.25, 0.3) is 5.91 Å². The van der Waals surface area contributed by atoms with E-state index in [-0.39, 0.29) is 17.6 Å². The number of carbonyl (C=O) groups is 1. The van der Waals surface area contributed by atoms with E-state index < -0.39 is 0 Å². The number of likely N-dealkylation sites (tertiary alicyclic amines) is 1. The Morgan fingerprint density at radius 1 is 1.36 bits per heavy atom. The van der Waals surface area contributed by atoms with Crippen LogP contribution >= 0.6 is 0 Å². The Hall–Kier alpha value is -2.41. The van der Waals surface area contributed by atoms with Gasteiger partial charge in [0.2, 0.25) is 5.95 Å². The van der Waals surface area contributed by atoms with E-state index in [1.165, 1.54) is 0 Å². The second-order valence-corrected chi connectivity index (χ2v) is 6.95. The molecule has 2 fully saturated rings. The Morgan fingerprint density at radius 2 is 2.20 bits per heavy atom. The molecule has 2 aromatic heterocycles. The summed E-state index contributed by atoms with van der Waals surface area (Å²) in [4.78, 5) is 23.2. The highest BCUT2D eigenvalue weighted by molar-refractivity contribution is 5.92. The number of carbonyl (C=O) groups excluding carboxylic acids is 1. The molecule has 2 aromatic rings. The van der Waals surface area contributed by atoms with E-state index in [9.17, 15) is 4.79 Å². The van der Waals surface area contributed by atoms with Crippen LogP contribution in [0.15, 0.2) is 36.8 Å². The van der Waals surface area contributed by atoms with Crippen molar-refractivity contribution in [2.24, 2.45) is 7.05 Å². The number of nitrogens with one attached hydrogen (secondary N) is 1. The number of aryl methyl sites for hydroxylation is 1. The maximum atomic E-state index is 12.8. The predicted molar refractivity (Wildman–Crippen MR) is 93.3 cm³/mol. The van der Waals surface area contributed by atoms with Crippen molar-refractivity contribution in [2.75, 3.05) is 25.0 Å². The molecule has 7 nitrogen and oxygen atoms in total. The third-order valence-electron chi connectivity index (χ3n) is 5.10. The van der Waals surface area contributed by atoms with Crippen molar-refractivity contribution in [1.29, 1.82) is 0 Å². The molecule has 2 aliphatic heterocycles. The van der Waals surface area contributed by atoms with Crippen molar-refractivity contribution in [3.63, 3.8) is 0 Å². The van der Waals surface area contributed by atoms with E-state index in [0.717, 1.165) is 31.5 Å². The second kappa shape index (κ2) is 6.48. The van der Waals surface area contributed by atoms with Crippen LogP contribution in [0.25, 0.3) is 0 Å². The molecular formula is C18H23N5O2. The number of amides is 1. The van der Waals surface area contributed by atoms with Gasteiger partial charge in [-0.3, -0.25) is 4.79 Å². The van der Waals surface area contributed by atoms with Crippen molar-refractivity contribution in [3.8, 4) is 0 Å². The van der Waals surface area contributed by atoms with Crippen LogP contribution in [0.5, 0.6) is 0 Å². The van der Waals surface area contributed by atoms with Crippen LogP contribution in [-0.4, -0.2) is 56.7 Å². The number of piperidine rings is 1. The molecule has 0 aliphatic carbocycles. The minimum atomic E-state index is -0.258. The molecule has 2 saturated heterocycles. The molecule has 0 bridgehead atoms. The molecule has 25 heavy (non-hydrogen) atoms. The van der Waals surface area contributed by atoms with E-state index in [1.54, 1.807) is 18.5 Å². The van der Waals surface area contributed by atoms with E-state index >= 15 is 0 Å². The summed E-state index contributed by atoms with van der Waals surface area (Å²) >= 11 is 0. The molecule has 2 unspecified atom stereocenters. The molecular weight excluding hydrogens is 318 g/mol. The first-order valence-corrected chi connectivity index (χ1v) is 8.73. The average Bonchev–Trinajstić information content (AvgIpc) is 3.22. The van der Waals surface area contributed by atoms with E-state index in [4.69, 9.17) is 4.74 Å². The molecule has 0 aromatic carbocycles. The molecule has 2 aliphatic rings. The van der Waals surface area contributed by atoms with Crippen molar-refractivity contribution < 1.29 is 9.53 Å². The Bertz CT molecular complexity index is 747. The molecule has 1 amide bonds. The van der Waals surface area contributed by atoms with Gasteiger partial charge in [0.15, 0.2) is 0 Å². The molecule has 7 heteroatoms. The van der Waals surface area contributed by atoms with Gasteiger partial charge in [0, 0.05) is 38.6 Å². The maximum Gasteiger partial charge on any atom is 0.270 e. The summed E-state index contributed by atoms with van der Waals surface area (Å²) in [5, 5.41) is 3.34. The first kappa shape index (κ1) is 16.1. The Balaban J connectivity index is 1.42. The molecule has 1 spiro atoms. The van der Waals surface area contributed by atoms with Gasteiger partial charge in [0.1, 0.15) is 5.69 Å². The second-order valence-electron chi connectivity index (χ2n) is 6.95. The summed E-state index contributed by atoms with van der Waals surface area (Å²) in [6.45, 7) is 2.05. The van der Waals surface area contributed by atoms with Crippen molar-refractivity contribution >= 4 is 11.9 Å². The van der Waals surface area contributed by atoms with Crippen LogP contribution in [0.4, 0.5) is 5.95 Å². The largest absolute Gasteiger partial charge is 0.371 e. The number of anilines is 1. The van der Waals surface area contributed by atoms with Gasteiger partial charge in [-0.05, 0) is 31.0 Å². The zero-order chi connectivity index (χ0) is 17.3. The van der Waals surface area contributed by atoms with Crippen LogP contribution in [-0.2, 0) is 11.8 Å². The summed E-state index contributed by atoms with van der Waals surface area (Å²) in [7, 11) is 1.90. The molecule has 1 N–H and O–H groups in total. The van der Waals surface area contributed by atoms with Gasteiger partial charge in [-0.2, -0.15) is 0 Å². The fourth-order valence-corrected chi connectivity index (χ4v) is 3.89. The first-order valence-electron chi connectivity index (χ1n) is 8.73. The number of nitrogens with zero attached hydrogens (tertiary/aromatic N) is 4. The summed E-state index contributed by atoms with van der Waals surface area (Å²) in [5.74, 6) is 0.707. The summed E-state index contributed by atoms with van der Waals surface area (Å²) < 4.78 is 8.05. The molecule has 2 atom stereocenters. The van der Waals surface area contributed by atoms with Crippen molar-refractivity contribution in [1.82, 2.24) is 19.4 Å². The summed E-state index contributed by atoms with van der Waals surface area (Å²) in [5.41, 5.74) is 0.466. The van der Waals surface area contributed by atoms with Gasteiger partial charge in [0.05, 0.1) is 24.8 Å². The summed E-state index contributed by atoms with van der Waals surface area (Å²) in [6.07, 6.45) is 8.16. The standard InChI is InChI=1S/C18H23N5O2/c1-22-9-2-5-15(22)16(24)23-10-3-6-18(13-23)11-14(12-25-18)21-17-19-7-4-8-20-17/h2,4-5,7-9,14H,3,6,10-13H2,1H3,(H,19,20,21). The van der Waals surface area contributed by atoms with Crippen molar-refractivity contribution in [2.45, 2.75) is 30.9 Å². The van der Waals surface area contributed by atoms with Crippen molar-refractivity contribution in [3.05, 3.63) is 42.5 Å². The number of hydrogen-bond donors (Lipinski definition) is 1. The Morgan fingerprint density at radius 3 is 2.96 bits per heavy atom. The van der Waals surface area contributed by atoms with Crippen LogP contribution in [0, 0.1) is 0 Å². The van der Waals surface area contributed by atoms with Gasteiger partial charge < -0.3 is 19.5 Å². The Kier molecular flexibility index (Phi) is 4.17. The lowest BCUT2D eigenvalue weighted by atomic mass is 9.88. The zero-order valence-corrected chi connectivity index (χ0v) is 14.4. The third kappa shape index (κ3) is 3.24. The fourth-order valence-electron chi connectivity index (χ4n) is 3.89. The smallest absolute Gasteiger partial charge is 0.270 e. The van der Waals surface area contributed by atoms with E-state index in [2.05, 4.69) is 15.3 Å². The summed E-state index contributed by atoms with van der Waals surface area (Å²) in [6, 6.07) is 5.74.